The third kappa shape index (κ3) is 3.35. The average molecular weight is 249 g/mol. The van der Waals surface area contributed by atoms with Gasteiger partial charge < -0.3 is 15.6 Å². The SMILES string of the molecule is CN(CC1(CN)CC1)C(=O)CCCc1ccc[nH]1. The number of nitrogens with one attached hydrogen (secondary N) is 1. The number of aromatic amines is 1. The van der Waals surface area contributed by atoms with Gasteiger partial charge in [-0.15, -0.1) is 0 Å². The second kappa shape index (κ2) is 5.57. The van der Waals surface area contributed by atoms with Crippen molar-refractivity contribution in [2.75, 3.05) is 20.1 Å². The van der Waals surface area contributed by atoms with Crippen LogP contribution in [0.4, 0.5) is 0 Å². The molecule has 1 aromatic rings. The second-order valence-electron chi connectivity index (χ2n) is 5.50. The molecular formula is C14H23N3O. The summed E-state index contributed by atoms with van der Waals surface area (Å²) in [6.45, 7) is 1.53. The lowest BCUT2D eigenvalue weighted by Crippen LogP contribution is -2.35. The summed E-state index contributed by atoms with van der Waals surface area (Å²) in [4.78, 5) is 17.0. The first-order valence-electron chi connectivity index (χ1n) is 6.71. The standard InChI is InChI=1S/C14H23N3O/c1-17(11-14(10-15)7-8-14)13(18)6-2-4-12-5-3-9-16-12/h3,5,9,16H,2,4,6-8,10-11,15H2,1H3. The number of hydrogen-bond acceptors (Lipinski definition) is 2. The van der Waals surface area contributed by atoms with Gasteiger partial charge in [0.2, 0.25) is 5.91 Å². The number of H-pyrrole nitrogens is 1. The summed E-state index contributed by atoms with van der Waals surface area (Å²) in [5.74, 6) is 0.237. The number of carbonyl (C=O) groups excluding carboxylic acids is 1. The molecule has 3 N–H and O–H groups in total. The summed E-state index contributed by atoms with van der Waals surface area (Å²) in [6.07, 6.45) is 6.72. The molecule has 2 rings (SSSR count). The molecule has 0 unspecified atom stereocenters. The number of aromatic nitrogens is 1. The Bertz CT molecular complexity index is 382. The van der Waals surface area contributed by atoms with Gasteiger partial charge >= 0.3 is 0 Å². The maximum absolute atomic E-state index is 12.0. The van der Waals surface area contributed by atoms with Crippen LogP contribution in [0.15, 0.2) is 18.3 Å². The van der Waals surface area contributed by atoms with Crippen LogP contribution in [0.25, 0.3) is 0 Å². The largest absolute Gasteiger partial charge is 0.365 e. The molecular weight excluding hydrogens is 226 g/mol. The van der Waals surface area contributed by atoms with E-state index >= 15 is 0 Å². The molecule has 1 aliphatic carbocycles. The molecule has 18 heavy (non-hydrogen) atoms. The molecule has 0 spiro atoms. The Balaban J connectivity index is 1.67. The highest BCUT2D eigenvalue weighted by molar-refractivity contribution is 5.75. The lowest BCUT2D eigenvalue weighted by atomic mass is 10.1. The molecule has 1 fully saturated rings. The molecule has 0 saturated heterocycles. The molecule has 4 heteroatoms. The van der Waals surface area contributed by atoms with Gasteiger partial charge in [-0.25, -0.2) is 0 Å². The van der Waals surface area contributed by atoms with Crippen LogP contribution in [-0.2, 0) is 11.2 Å². The summed E-state index contributed by atoms with van der Waals surface area (Å²) in [7, 11) is 1.90. The van der Waals surface area contributed by atoms with Crippen molar-refractivity contribution >= 4 is 5.91 Å². The van der Waals surface area contributed by atoms with Crippen molar-refractivity contribution in [1.29, 1.82) is 0 Å². The third-order valence-electron chi connectivity index (χ3n) is 3.89. The summed E-state index contributed by atoms with van der Waals surface area (Å²) in [6, 6.07) is 4.04. The molecule has 0 aromatic carbocycles. The monoisotopic (exact) mass is 249 g/mol. The maximum Gasteiger partial charge on any atom is 0.222 e. The molecule has 1 aliphatic rings. The minimum atomic E-state index is 0.237. The topological polar surface area (TPSA) is 62.1 Å². The van der Waals surface area contributed by atoms with Gasteiger partial charge in [-0.05, 0) is 44.4 Å². The zero-order chi connectivity index (χ0) is 13.0. The summed E-state index contributed by atoms with van der Waals surface area (Å²) < 4.78 is 0. The quantitative estimate of drug-likeness (QED) is 0.770. The lowest BCUT2D eigenvalue weighted by molar-refractivity contribution is -0.130. The summed E-state index contributed by atoms with van der Waals surface area (Å²) in [5, 5.41) is 0. The van der Waals surface area contributed by atoms with E-state index < -0.39 is 0 Å². The van der Waals surface area contributed by atoms with Crippen LogP contribution in [-0.4, -0.2) is 35.9 Å². The molecule has 1 heterocycles. The minimum Gasteiger partial charge on any atom is -0.365 e. The van der Waals surface area contributed by atoms with E-state index in [4.69, 9.17) is 5.73 Å². The normalized spacial score (nSPS) is 16.6. The first-order valence-corrected chi connectivity index (χ1v) is 6.71. The Morgan fingerprint density at radius 1 is 1.56 bits per heavy atom. The van der Waals surface area contributed by atoms with E-state index in [1.807, 2.05) is 24.2 Å². The minimum absolute atomic E-state index is 0.237. The highest BCUT2D eigenvalue weighted by Gasteiger charge is 2.42. The van der Waals surface area contributed by atoms with Gasteiger partial charge in [-0.2, -0.15) is 0 Å². The van der Waals surface area contributed by atoms with Gasteiger partial charge in [0.25, 0.3) is 0 Å². The van der Waals surface area contributed by atoms with Gasteiger partial charge in [0, 0.05) is 37.3 Å². The number of amides is 1. The van der Waals surface area contributed by atoms with Gasteiger partial charge in [0.1, 0.15) is 0 Å². The van der Waals surface area contributed by atoms with Crippen LogP contribution < -0.4 is 5.73 Å². The van der Waals surface area contributed by atoms with E-state index in [0.717, 1.165) is 19.4 Å². The predicted molar refractivity (Wildman–Crippen MR) is 72.1 cm³/mol. The van der Waals surface area contributed by atoms with Crippen molar-refractivity contribution < 1.29 is 4.79 Å². The van der Waals surface area contributed by atoms with E-state index in [-0.39, 0.29) is 11.3 Å². The molecule has 0 aliphatic heterocycles. The fourth-order valence-corrected chi connectivity index (χ4v) is 2.34. The van der Waals surface area contributed by atoms with Crippen molar-refractivity contribution in [3.63, 3.8) is 0 Å². The Hall–Kier alpha value is -1.29. The number of hydrogen-bond donors (Lipinski definition) is 2. The average Bonchev–Trinajstić information content (AvgIpc) is 2.94. The van der Waals surface area contributed by atoms with Gasteiger partial charge in [0.15, 0.2) is 0 Å². The zero-order valence-corrected chi connectivity index (χ0v) is 11.1. The fraction of sp³-hybridized carbons (Fsp3) is 0.643. The van der Waals surface area contributed by atoms with E-state index in [2.05, 4.69) is 11.1 Å². The van der Waals surface area contributed by atoms with Crippen LogP contribution >= 0.6 is 0 Å². The van der Waals surface area contributed by atoms with E-state index in [9.17, 15) is 4.79 Å². The molecule has 0 atom stereocenters. The molecule has 4 nitrogen and oxygen atoms in total. The van der Waals surface area contributed by atoms with Gasteiger partial charge in [-0.3, -0.25) is 4.79 Å². The highest BCUT2D eigenvalue weighted by Crippen LogP contribution is 2.44. The Morgan fingerprint density at radius 3 is 2.89 bits per heavy atom. The number of rotatable bonds is 7. The predicted octanol–water partition coefficient (Wildman–Crippen LogP) is 1.53. The molecule has 0 bridgehead atoms. The van der Waals surface area contributed by atoms with Crippen LogP contribution in [0, 0.1) is 5.41 Å². The summed E-state index contributed by atoms with van der Waals surface area (Å²) >= 11 is 0. The van der Waals surface area contributed by atoms with Crippen molar-refractivity contribution in [3.05, 3.63) is 24.0 Å². The summed E-state index contributed by atoms with van der Waals surface area (Å²) in [5.41, 5.74) is 7.18. The number of nitrogens with zero attached hydrogens (tertiary/aromatic N) is 1. The second-order valence-corrected chi connectivity index (χ2v) is 5.50. The first kappa shape index (κ1) is 13.1. The zero-order valence-electron chi connectivity index (χ0n) is 11.1. The van der Waals surface area contributed by atoms with E-state index in [1.54, 1.807) is 0 Å². The van der Waals surface area contributed by atoms with Crippen molar-refractivity contribution in [3.8, 4) is 0 Å². The van der Waals surface area contributed by atoms with E-state index in [0.29, 0.717) is 13.0 Å². The number of aryl methyl sites for hydroxylation is 1. The van der Waals surface area contributed by atoms with Crippen molar-refractivity contribution in [2.45, 2.75) is 32.1 Å². The first-order chi connectivity index (χ1) is 8.65. The van der Waals surface area contributed by atoms with Gasteiger partial charge in [0.05, 0.1) is 0 Å². The molecule has 1 saturated carbocycles. The van der Waals surface area contributed by atoms with Crippen LogP contribution in [0.5, 0.6) is 0 Å². The molecule has 100 valence electrons. The highest BCUT2D eigenvalue weighted by atomic mass is 16.2. The molecule has 1 amide bonds. The Labute approximate surface area is 109 Å². The third-order valence-corrected chi connectivity index (χ3v) is 3.89. The Kier molecular flexibility index (Phi) is 4.07. The van der Waals surface area contributed by atoms with Crippen molar-refractivity contribution in [1.82, 2.24) is 9.88 Å². The molecule has 0 radical (unpaired) electrons. The van der Waals surface area contributed by atoms with Crippen LogP contribution in [0.1, 0.15) is 31.4 Å². The maximum atomic E-state index is 12.0. The lowest BCUT2D eigenvalue weighted by Gasteiger charge is -2.22. The molecule has 1 aromatic heterocycles. The Morgan fingerprint density at radius 2 is 2.33 bits per heavy atom. The smallest absolute Gasteiger partial charge is 0.222 e. The van der Waals surface area contributed by atoms with E-state index in [1.165, 1.54) is 18.5 Å². The fourth-order valence-electron chi connectivity index (χ4n) is 2.34. The van der Waals surface area contributed by atoms with Crippen LogP contribution in [0.3, 0.4) is 0 Å². The van der Waals surface area contributed by atoms with Crippen molar-refractivity contribution in [2.24, 2.45) is 11.1 Å². The number of nitrogens with two attached hydrogens (primary N) is 1. The van der Waals surface area contributed by atoms with Gasteiger partial charge in [-0.1, -0.05) is 0 Å². The number of carbonyl (C=O) groups is 1. The van der Waals surface area contributed by atoms with Crippen LogP contribution in [0.2, 0.25) is 0 Å².